The first-order valence-corrected chi connectivity index (χ1v) is 12.3. The molecule has 0 N–H and O–H groups in total. The molecular formula is C19H18N2O2S4. The minimum absolute atomic E-state index is 0.00141. The number of carbonyl (C=O) groups excluding carboxylic acids is 1. The van der Waals surface area contributed by atoms with Crippen molar-refractivity contribution in [2.45, 2.75) is 30.8 Å². The van der Waals surface area contributed by atoms with E-state index < -0.39 is 0 Å². The Hall–Kier alpha value is -1.35. The quantitative estimate of drug-likeness (QED) is 0.240. The molecule has 8 heteroatoms. The molecule has 0 atom stereocenters. The Bertz CT molecular complexity index is 1080. The summed E-state index contributed by atoms with van der Waals surface area (Å²) in [5.74, 6) is 2.34. The van der Waals surface area contributed by atoms with E-state index in [9.17, 15) is 9.59 Å². The van der Waals surface area contributed by atoms with Gasteiger partial charge in [-0.2, -0.15) is 11.8 Å². The van der Waals surface area contributed by atoms with Gasteiger partial charge < -0.3 is 0 Å². The van der Waals surface area contributed by atoms with Crippen molar-refractivity contribution in [1.82, 2.24) is 9.55 Å². The molecule has 0 unspecified atom stereocenters. The third-order valence-electron chi connectivity index (χ3n) is 4.25. The molecule has 4 heterocycles. The van der Waals surface area contributed by atoms with Crippen molar-refractivity contribution in [2.24, 2.45) is 0 Å². The summed E-state index contributed by atoms with van der Waals surface area (Å²) in [5, 5.41) is 3.27. The topological polar surface area (TPSA) is 52.0 Å². The van der Waals surface area contributed by atoms with Crippen molar-refractivity contribution in [3.63, 3.8) is 0 Å². The van der Waals surface area contributed by atoms with Crippen molar-refractivity contribution < 1.29 is 4.79 Å². The fourth-order valence-electron chi connectivity index (χ4n) is 3.04. The van der Waals surface area contributed by atoms with Crippen LogP contribution in [0.2, 0.25) is 0 Å². The van der Waals surface area contributed by atoms with Crippen LogP contribution in [0.1, 0.15) is 27.0 Å². The van der Waals surface area contributed by atoms with Crippen LogP contribution < -0.4 is 5.56 Å². The van der Waals surface area contributed by atoms with E-state index in [1.165, 1.54) is 33.5 Å². The number of Topliss-reactive ketones (excluding diaryl/α,β-unsaturated/α-hetero) is 1. The van der Waals surface area contributed by atoms with Crippen molar-refractivity contribution in [3.05, 3.63) is 55.3 Å². The SMILES string of the molecule is C=C(C)Cn1c(SCC(=O)c2cccs2)nc2sc3c(c2c1=O)CCSC3. The zero-order chi connectivity index (χ0) is 19.0. The lowest BCUT2D eigenvalue weighted by Gasteiger charge is -2.13. The first kappa shape index (κ1) is 19.0. The molecule has 0 saturated heterocycles. The summed E-state index contributed by atoms with van der Waals surface area (Å²) in [6.07, 6.45) is 0.924. The Morgan fingerprint density at radius 2 is 2.30 bits per heavy atom. The van der Waals surface area contributed by atoms with Gasteiger partial charge in [-0.05, 0) is 36.1 Å². The molecule has 0 bridgehead atoms. The molecule has 3 aromatic heterocycles. The summed E-state index contributed by atoms with van der Waals surface area (Å²) in [6, 6.07) is 3.70. The third-order valence-corrected chi connectivity index (χ3v) is 8.43. The Kier molecular flexibility index (Phi) is 5.59. The van der Waals surface area contributed by atoms with Gasteiger partial charge in [0.1, 0.15) is 4.83 Å². The zero-order valence-electron chi connectivity index (χ0n) is 14.8. The standard InChI is InChI=1S/C19H18N2O2S4/c1-11(2)8-21-18(23)16-12-5-7-24-10-15(12)27-17(16)20-19(21)26-9-13(22)14-4-3-6-25-14/h3-4,6H,1,5,7-10H2,2H3. The van der Waals surface area contributed by atoms with Crippen molar-refractivity contribution in [3.8, 4) is 0 Å². The number of carbonyl (C=O) groups is 1. The maximum absolute atomic E-state index is 13.3. The van der Waals surface area contributed by atoms with Crippen LogP contribution in [0.5, 0.6) is 0 Å². The molecule has 4 nitrogen and oxygen atoms in total. The average Bonchev–Trinajstić information content (AvgIpc) is 3.29. The molecule has 0 radical (unpaired) electrons. The second-order valence-electron chi connectivity index (χ2n) is 6.42. The average molecular weight is 435 g/mol. The van der Waals surface area contributed by atoms with Gasteiger partial charge in [0, 0.05) is 17.2 Å². The lowest BCUT2D eigenvalue weighted by atomic mass is 10.1. The fraction of sp³-hybridized carbons (Fsp3) is 0.316. The van der Waals surface area contributed by atoms with Crippen LogP contribution >= 0.6 is 46.2 Å². The molecule has 4 rings (SSSR count). The van der Waals surface area contributed by atoms with Gasteiger partial charge in [-0.3, -0.25) is 14.2 Å². The molecule has 3 aromatic rings. The van der Waals surface area contributed by atoms with Gasteiger partial charge in [-0.15, -0.1) is 22.7 Å². The van der Waals surface area contributed by atoms with E-state index in [0.29, 0.717) is 11.7 Å². The first-order chi connectivity index (χ1) is 13.0. The van der Waals surface area contributed by atoms with Gasteiger partial charge in [-0.1, -0.05) is 30.0 Å². The Morgan fingerprint density at radius 1 is 1.44 bits per heavy atom. The Balaban J connectivity index is 1.75. The van der Waals surface area contributed by atoms with Crippen LogP contribution in [0.3, 0.4) is 0 Å². The van der Waals surface area contributed by atoms with E-state index in [1.54, 1.807) is 15.9 Å². The number of thioether (sulfide) groups is 2. The van der Waals surface area contributed by atoms with Crippen LogP contribution in [-0.2, 0) is 18.7 Å². The molecule has 1 aliphatic rings. The largest absolute Gasteiger partial charge is 0.292 e. The number of aryl methyl sites for hydroxylation is 1. The molecule has 0 aromatic carbocycles. The van der Waals surface area contributed by atoms with Gasteiger partial charge in [0.15, 0.2) is 10.9 Å². The highest BCUT2D eigenvalue weighted by Crippen LogP contribution is 2.36. The molecule has 0 spiro atoms. The van der Waals surface area contributed by atoms with Crippen molar-refractivity contribution >= 4 is 62.2 Å². The number of nitrogens with zero attached hydrogens (tertiary/aromatic N) is 2. The zero-order valence-corrected chi connectivity index (χ0v) is 18.1. The minimum Gasteiger partial charge on any atom is -0.292 e. The lowest BCUT2D eigenvalue weighted by molar-refractivity contribution is 0.102. The Labute approximate surface area is 173 Å². The summed E-state index contributed by atoms with van der Waals surface area (Å²) >= 11 is 6.30. The molecule has 0 aliphatic carbocycles. The van der Waals surface area contributed by atoms with Gasteiger partial charge in [0.2, 0.25) is 0 Å². The highest BCUT2D eigenvalue weighted by molar-refractivity contribution is 7.99. The monoisotopic (exact) mass is 434 g/mol. The van der Waals surface area contributed by atoms with E-state index in [0.717, 1.165) is 38.6 Å². The van der Waals surface area contributed by atoms with E-state index in [1.807, 2.05) is 36.2 Å². The van der Waals surface area contributed by atoms with Crippen molar-refractivity contribution in [2.75, 3.05) is 11.5 Å². The van der Waals surface area contributed by atoms with E-state index >= 15 is 0 Å². The summed E-state index contributed by atoms with van der Waals surface area (Å²) in [7, 11) is 0. The van der Waals surface area contributed by atoms with Crippen LogP contribution in [0.15, 0.2) is 39.6 Å². The second-order valence-corrected chi connectivity index (χ2v) is 10.5. The van der Waals surface area contributed by atoms with Crippen LogP contribution in [0.4, 0.5) is 0 Å². The number of hydrogen-bond donors (Lipinski definition) is 0. The molecule has 0 saturated carbocycles. The van der Waals surface area contributed by atoms with Gasteiger partial charge in [0.25, 0.3) is 5.56 Å². The van der Waals surface area contributed by atoms with Crippen LogP contribution in [0.25, 0.3) is 10.2 Å². The summed E-state index contributed by atoms with van der Waals surface area (Å²) in [6.45, 7) is 6.29. The lowest BCUT2D eigenvalue weighted by Crippen LogP contribution is -2.24. The molecule has 27 heavy (non-hydrogen) atoms. The Morgan fingerprint density at radius 3 is 3.04 bits per heavy atom. The van der Waals surface area contributed by atoms with E-state index in [4.69, 9.17) is 4.98 Å². The minimum atomic E-state index is -0.00141. The molecule has 140 valence electrons. The summed E-state index contributed by atoms with van der Waals surface area (Å²) in [4.78, 5) is 33.3. The van der Waals surface area contributed by atoms with Gasteiger partial charge in [0.05, 0.1) is 16.0 Å². The number of fused-ring (bicyclic) bond motifs is 3. The highest BCUT2D eigenvalue weighted by Gasteiger charge is 2.23. The smallest absolute Gasteiger partial charge is 0.263 e. The second kappa shape index (κ2) is 7.95. The van der Waals surface area contributed by atoms with E-state index in [2.05, 4.69) is 6.58 Å². The van der Waals surface area contributed by atoms with Crippen molar-refractivity contribution in [1.29, 1.82) is 0 Å². The van der Waals surface area contributed by atoms with Gasteiger partial charge >= 0.3 is 0 Å². The number of rotatable bonds is 6. The maximum atomic E-state index is 13.3. The fourth-order valence-corrected chi connectivity index (χ4v) is 7.08. The highest BCUT2D eigenvalue weighted by atomic mass is 32.2. The maximum Gasteiger partial charge on any atom is 0.263 e. The summed E-state index contributed by atoms with van der Waals surface area (Å²) in [5.41, 5.74) is 2.07. The number of ketones is 1. The summed E-state index contributed by atoms with van der Waals surface area (Å²) < 4.78 is 1.69. The number of allylic oxidation sites excluding steroid dienone is 1. The number of thiophene rings is 2. The third kappa shape index (κ3) is 3.81. The predicted molar refractivity (Wildman–Crippen MR) is 118 cm³/mol. The molecule has 0 amide bonds. The molecular weight excluding hydrogens is 416 g/mol. The van der Waals surface area contributed by atoms with Gasteiger partial charge in [-0.25, -0.2) is 4.98 Å². The number of aromatic nitrogens is 2. The molecule has 0 fully saturated rings. The normalized spacial score (nSPS) is 13.7. The van der Waals surface area contributed by atoms with Crippen LogP contribution in [-0.4, -0.2) is 26.8 Å². The molecule has 1 aliphatic heterocycles. The first-order valence-electron chi connectivity index (χ1n) is 8.51. The van der Waals surface area contributed by atoms with Crippen LogP contribution in [0, 0.1) is 0 Å². The predicted octanol–water partition coefficient (Wildman–Crippen LogP) is 4.86. The number of hydrogen-bond acceptors (Lipinski definition) is 7. The van der Waals surface area contributed by atoms with E-state index in [-0.39, 0.29) is 17.1 Å².